The predicted molar refractivity (Wildman–Crippen MR) is 98.1 cm³/mol. The highest BCUT2D eigenvalue weighted by atomic mass is 32.1. The molecular formula is C17H23N5OS. The largest absolute Gasteiger partial charge is 0.356 e. The van der Waals surface area contributed by atoms with Gasteiger partial charge in [0.25, 0.3) is 0 Å². The summed E-state index contributed by atoms with van der Waals surface area (Å²) in [6, 6.07) is 9.90. The molecule has 2 rings (SSSR count). The van der Waals surface area contributed by atoms with Crippen molar-refractivity contribution in [2.45, 2.75) is 13.0 Å². The first kappa shape index (κ1) is 17.9. The minimum Gasteiger partial charge on any atom is -0.356 e. The number of nitrogens with one attached hydrogen (secondary N) is 2. The van der Waals surface area contributed by atoms with Crippen LogP contribution in [-0.2, 0) is 17.8 Å². The van der Waals surface area contributed by atoms with Gasteiger partial charge in [-0.25, -0.2) is 4.99 Å². The Labute approximate surface area is 146 Å². The summed E-state index contributed by atoms with van der Waals surface area (Å²) in [5, 5.41) is 8.41. The number of aliphatic imine (C=N–C) groups is 1. The van der Waals surface area contributed by atoms with Crippen molar-refractivity contribution in [3.63, 3.8) is 0 Å². The molecule has 6 nitrogen and oxygen atoms in total. The summed E-state index contributed by atoms with van der Waals surface area (Å²) in [5.41, 5.74) is 0.885. The molecule has 0 bridgehead atoms. The quantitative estimate of drug-likeness (QED) is 0.589. The Morgan fingerprint density at radius 3 is 2.79 bits per heavy atom. The average molecular weight is 345 g/mol. The number of guanidine groups is 1. The minimum atomic E-state index is 0.000549. The Morgan fingerprint density at radius 1 is 1.25 bits per heavy atom. The second-order valence-corrected chi connectivity index (χ2v) is 6.42. The van der Waals surface area contributed by atoms with Crippen molar-refractivity contribution in [1.82, 2.24) is 20.5 Å². The van der Waals surface area contributed by atoms with Crippen LogP contribution in [0.15, 0.2) is 46.9 Å². The smallest absolute Gasteiger partial charge is 0.241 e. The molecule has 0 saturated heterocycles. The Bertz CT molecular complexity index is 640. The lowest BCUT2D eigenvalue weighted by Crippen LogP contribution is -2.43. The van der Waals surface area contributed by atoms with Gasteiger partial charge in [-0.3, -0.25) is 9.78 Å². The van der Waals surface area contributed by atoms with Gasteiger partial charge in [0.2, 0.25) is 5.91 Å². The van der Waals surface area contributed by atoms with Gasteiger partial charge >= 0.3 is 0 Å². The fourth-order valence-electron chi connectivity index (χ4n) is 1.90. The third-order valence-corrected chi connectivity index (χ3v) is 4.21. The number of carbonyl (C=O) groups is 1. The third kappa shape index (κ3) is 6.37. The molecule has 0 unspecified atom stereocenters. The highest BCUT2D eigenvalue weighted by Crippen LogP contribution is 2.08. The Kier molecular flexibility index (Phi) is 7.22. The Morgan fingerprint density at radius 2 is 2.12 bits per heavy atom. The first-order valence-corrected chi connectivity index (χ1v) is 8.68. The zero-order valence-corrected chi connectivity index (χ0v) is 14.8. The topological polar surface area (TPSA) is 69.6 Å². The summed E-state index contributed by atoms with van der Waals surface area (Å²) in [4.78, 5) is 23.4. The molecule has 0 radical (unpaired) electrons. The van der Waals surface area contributed by atoms with Crippen LogP contribution in [0.4, 0.5) is 0 Å². The highest BCUT2D eigenvalue weighted by Gasteiger charge is 2.06. The molecule has 2 aromatic heterocycles. The van der Waals surface area contributed by atoms with Gasteiger partial charge in [0.05, 0.1) is 18.8 Å². The number of hydrogen-bond acceptors (Lipinski definition) is 4. The van der Waals surface area contributed by atoms with Crippen LogP contribution in [0.5, 0.6) is 0 Å². The molecule has 2 N–H and O–H groups in total. The maximum Gasteiger partial charge on any atom is 0.241 e. The lowest BCUT2D eigenvalue weighted by atomic mass is 10.3. The highest BCUT2D eigenvalue weighted by molar-refractivity contribution is 7.09. The molecule has 0 atom stereocenters. The van der Waals surface area contributed by atoms with Crippen LogP contribution < -0.4 is 10.6 Å². The van der Waals surface area contributed by atoms with E-state index in [1.54, 1.807) is 36.5 Å². The summed E-state index contributed by atoms with van der Waals surface area (Å²) < 4.78 is 0. The molecule has 2 heterocycles. The number of amides is 1. The van der Waals surface area contributed by atoms with E-state index in [1.807, 2.05) is 24.3 Å². The van der Waals surface area contributed by atoms with Crippen LogP contribution in [0, 0.1) is 0 Å². The van der Waals surface area contributed by atoms with E-state index in [2.05, 4.69) is 32.1 Å². The lowest BCUT2D eigenvalue weighted by Gasteiger charge is -2.14. The molecule has 0 aliphatic rings. The molecule has 0 aliphatic heterocycles. The summed E-state index contributed by atoms with van der Waals surface area (Å²) in [5.74, 6) is 0.619. The van der Waals surface area contributed by atoms with Crippen LogP contribution in [0.3, 0.4) is 0 Å². The Hall–Kier alpha value is -2.41. The van der Waals surface area contributed by atoms with E-state index >= 15 is 0 Å². The minimum absolute atomic E-state index is 0.000549. The number of nitrogens with zero attached hydrogens (tertiary/aromatic N) is 3. The number of rotatable bonds is 7. The molecule has 0 spiro atoms. The van der Waals surface area contributed by atoms with Gasteiger partial charge in [0, 0.05) is 31.7 Å². The van der Waals surface area contributed by atoms with Crippen LogP contribution in [-0.4, -0.2) is 48.9 Å². The second-order valence-electron chi connectivity index (χ2n) is 5.38. The fraction of sp³-hybridized carbons (Fsp3) is 0.353. The van der Waals surface area contributed by atoms with Gasteiger partial charge in [-0.1, -0.05) is 12.1 Å². The van der Waals surface area contributed by atoms with Gasteiger partial charge in [-0.05, 0) is 30.0 Å². The van der Waals surface area contributed by atoms with E-state index in [9.17, 15) is 4.79 Å². The van der Waals surface area contributed by atoms with E-state index in [1.165, 1.54) is 4.88 Å². The molecule has 0 aliphatic carbocycles. The van der Waals surface area contributed by atoms with E-state index in [-0.39, 0.29) is 12.5 Å². The van der Waals surface area contributed by atoms with Crippen LogP contribution in [0.25, 0.3) is 0 Å². The van der Waals surface area contributed by atoms with Gasteiger partial charge in [-0.15, -0.1) is 11.3 Å². The van der Waals surface area contributed by atoms with Gasteiger partial charge in [0.1, 0.15) is 0 Å². The van der Waals surface area contributed by atoms with Crippen molar-refractivity contribution in [2.75, 3.05) is 27.2 Å². The average Bonchev–Trinajstić information content (AvgIpc) is 3.10. The first-order chi connectivity index (χ1) is 11.6. The number of thiophene rings is 1. The maximum atomic E-state index is 11.8. The van der Waals surface area contributed by atoms with Gasteiger partial charge in [0.15, 0.2) is 5.96 Å². The molecule has 0 fully saturated rings. The molecule has 0 aromatic carbocycles. The molecule has 128 valence electrons. The number of aromatic nitrogens is 1. The van der Waals surface area contributed by atoms with E-state index in [0.717, 1.165) is 18.7 Å². The molecule has 24 heavy (non-hydrogen) atoms. The van der Waals surface area contributed by atoms with Gasteiger partial charge in [-0.2, -0.15) is 0 Å². The van der Waals surface area contributed by atoms with Crippen molar-refractivity contribution in [3.8, 4) is 0 Å². The first-order valence-electron chi connectivity index (χ1n) is 7.80. The maximum absolute atomic E-state index is 11.8. The second kappa shape index (κ2) is 9.67. The number of carbonyl (C=O) groups excluding carboxylic acids is 1. The van der Waals surface area contributed by atoms with Crippen molar-refractivity contribution in [2.24, 2.45) is 4.99 Å². The zero-order chi connectivity index (χ0) is 17.2. The van der Waals surface area contributed by atoms with Gasteiger partial charge < -0.3 is 15.5 Å². The number of hydrogen-bond donors (Lipinski definition) is 2. The summed E-state index contributed by atoms with van der Waals surface area (Å²) in [7, 11) is 3.47. The van der Waals surface area contributed by atoms with Crippen molar-refractivity contribution in [3.05, 3.63) is 52.5 Å². The Balaban J connectivity index is 1.90. The molecule has 0 saturated carbocycles. The number of likely N-dealkylation sites (N-methyl/N-ethyl adjacent to an activating group) is 1. The van der Waals surface area contributed by atoms with Crippen LogP contribution in [0.2, 0.25) is 0 Å². The van der Waals surface area contributed by atoms with Crippen molar-refractivity contribution >= 4 is 23.2 Å². The van der Waals surface area contributed by atoms with E-state index in [4.69, 9.17) is 0 Å². The number of pyridine rings is 1. The van der Waals surface area contributed by atoms with E-state index < -0.39 is 0 Å². The van der Waals surface area contributed by atoms with Crippen molar-refractivity contribution < 1.29 is 4.79 Å². The summed E-state index contributed by atoms with van der Waals surface area (Å²) in [6.45, 7) is 1.43. The van der Waals surface area contributed by atoms with E-state index in [0.29, 0.717) is 12.5 Å². The molecule has 2 aromatic rings. The van der Waals surface area contributed by atoms with Crippen molar-refractivity contribution in [1.29, 1.82) is 0 Å². The normalized spacial score (nSPS) is 11.2. The fourth-order valence-corrected chi connectivity index (χ4v) is 2.61. The monoisotopic (exact) mass is 345 g/mol. The summed E-state index contributed by atoms with van der Waals surface area (Å²) in [6.07, 6.45) is 2.67. The molecular weight excluding hydrogens is 322 g/mol. The molecule has 7 heteroatoms. The lowest BCUT2D eigenvalue weighted by molar-refractivity contribution is -0.127. The van der Waals surface area contributed by atoms with Crippen LogP contribution >= 0.6 is 11.3 Å². The predicted octanol–water partition coefficient (Wildman–Crippen LogP) is 1.51. The standard InChI is InChI=1S/C17H23N5OS/c1-22(2)16(23)13-21-17(19-10-8-15-7-5-11-24-15)20-12-14-6-3-4-9-18-14/h3-7,9,11H,8,10,12-13H2,1-2H3,(H2,19,20,21). The van der Waals surface area contributed by atoms with Crippen LogP contribution in [0.1, 0.15) is 10.6 Å². The third-order valence-electron chi connectivity index (χ3n) is 3.28. The summed E-state index contributed by atoms with van der Waals surface area (Å²) >= 11 is 1.74. The SMILES string of the molecule is CN(C)C(=O)CNC(=NCc1ccccn1)NCCc1cccs1. The zero-order valence-electron chi connectivity index (χ0n) is 14.0. The molecule has 1 amide bonds.